The number of anilines is 2. The lowest BCUT2D eigenvalue weighted by Gasteiger charge is -2.21. The molecule has 1 aliphatic heterocycles. The molecule has 9 heteroatoms. The molecule has 0 aliphatic carbocycles. The van der Waals surface area contributed by atoms with E-state index in [4.69, 9.17) is 9.47 Å². The lowest BCUT2D eigenvalue weighted by atomic mass is 10.2. The summed E-state index contributed by atoms with van der Waals surface area (Å²) in [5.74, 6) is 0.455. The molecule has 1 heterocycles. The fourth-order valence-corrected chi connectivity index (χ4v) is 3.69. The molecule has 0 unspecified atom stereocenters. The van der Waals surface area contributed by atoms with Crippen LogP contribution >= 0.6 is 0 Å². The zero-order chi connectivity index (χ0) is 25.2. The van der Waals surface area contributed by atoms with E-state index < -0.39 is 0 Å². The molecule has 0 bridgehead atoms. The number of hydrogen-bond acceptors (Lipinski definition) is 6. The Kier molecular flexibility index (Phi) is 9.48. The number of hydrogen-bond donors (Lipinski definition) is 2. The molecule has 0 aromatic heterocycles. The summed E-state index contributed by atoms with van der Waals surface area (Å²) in [5.41, 5.74) is 1.66. The molecule has 35 heavy (non-hydrogen) atoms. The second-order valence-corrected chi connectivity index (χ2v) is 8.87. The third kappa shape index (κ3) is 7.99. The van der Waals surface area contributed by atoms with Gasteiger partial charge in [-0.25, -0.2) is 4.79 Å². The van der Waals surface area contributed by atoms with Gasteiger partial charge in [0.05, 0.1) is 25.9 Å². The number of para-hydroxylation sites is 2. The van der Waals surface area contributed by atoms with E-state index in [1.54, 1.807) is 48.4 Å². The van der Waals surface area contributed by atoms with E-state index >= 15 is 0 Å². The van der Waals surface area contributed by atoms with Crippen LogP contribution in [0.15, 0.2) is 48.5 Å². The molecule has 3 rings (SSSR count). The number of nitrogens with one attached hydrogen (secondary N) is 2. The van der Waals surface area contributed by atoms with Gasteiger partial charge in [-0.05, 0) is 48.7 Å². The average molecular weight is 483 g/mol. The van der Waals surface area contributed by atoms with Crippen LogP contribution in [0.2, 0.25) is 0 Å². The van der Waals surface area contributed by atoms with Crippen molar-refractivity contribution in [3.63, 3.8) is 0 Å². The van der Waals surface area contributed by atoms with E-state index in [1.165, 1.54) is 0 Å². The van der Waals surface area contributed by atoms with Crippen molar-refractivity contribution in [1.29, 1.82) is 0 Å². The van der Waals surface area contributed by atoms with Crippen LogP contribution < -0.4 is 15.4 Å². The molecule has 2 N–H and O–H groups in total. The number of carbonyl (C=O) groups excluding carboxylic acids is 3. The Morgan fingerprint density at radius 2 is 1.69 bits per heavy atom. The average Bonchev–Trinajstić information content (AvgIpc) is 3.08. The smallest absolute Gasteiger partial charge is 0.409 e. The molecule has 188 valence electrons. The summed E-state index contributed by atoms with van der Waals surface area (Å²) in [6.45, 7) is 7.11. The molecule has 1 saturated heterocycles. The minimum Gasteiger partial charge on any atom is -0.495 e. The largest absolute Gasteiger partial charge is 0.495 e. The molecule has 0 atom stereocenters. The zero-order valence-corrected chi connectivity index (χ0v) is 20.6. The van der Waals surface area contributed by atoms with Crippen LogP contribution in [0.5, 0.6) is 5.75 Å². The van der Waals surface area contributed by atoms with Crippen molar-refractivity contribution in [2.75, 3.05) is 57.1 Å². The minimum atomic E-state index is -0.292. The Balaban J connectivity index is 1.47. The first-order chi connectivity index (χ1) is 16.9. The van der Waals surface area contributed by atoms with Gasteiger partial charge < -0.3 is 25.0 Å². The summed E-state index contributed by atoms with van der Waals surface area (Å²) in [5, 5.41) is 5.70. The van der Waals surface area contributed by atoms with Crippen molar-refractivity contribution >= 4 is 29.3 Å². The first-order valence-corrected chi connectivity index (χ1v) is 11.8. The first kappa shape index (κ1) is 26.0. The first-order valence-electron chi connectivity index (χ1n) is 11.8. The quantitative estimate of drug-likeness (QED) is 0.595. The standard InChI is InChI=1S/C26H34N4O5/c1-19(2)18-35-26(33)30-14-6-13-29(15-16-30)17-24(31)27-21-11-9-20(10-12-21)25(32)28-22-7-4-5-8-23(22)34-3/h4-5,7-12,19H,6,13-18H2,1-3H3,(H,27,31)(H,28,32). The van der Waals surface area contributed by atoms with Gasteiger partial charge >= 0.3 is 6.09 Å². The van der Waals surface area contributed by atoms with Crippen molar-refractivity contribution in [3.8, 4) is 5.75 Å². The summed E-state index contributed by atoms with van der Waals surface area (Å²) < 4.78 is 10.6. The number of methoxy groups -OCH3 is 1. The van der Waals surface area contributed by atoms with Gasteiger partial charge in [0.15, 0.2) is 0 Å². The van der Waals surface area contributed by atoms with Crippen LogP contribution in [0.25, 0.3) is 0 Å². The van der Waals surface area contributed by atoms with E-state index in [-0.39, 0.29) is 24.5 Å². The second kappa shape index (κ2) is 12.8. The van der Waals surface area contributed by atoms with Crippen molar-refractivity contribution in [2.24, 2.45) is 5.92 Å². The Hall–Kier alpha value is -3.59. The van der Waals surface area contributed by atoms with Gasteiger partial charge in [0.1, 0.15) is 5.75 Å². The molecular formula is C26H34N4O5. The summed E-state index contributed by atoms with van der Waals surface area (Å²) in [7, 11) is 1.55. The van der Waals surface area contributed by atoms with Gasteiger partial charge in [0.25, 0.3) is 5.91 Å². The maximum Gasteiger partial charge on any atom is 0.409 e. The van der Waals surface area contributed by atoms with Gasteiger partial charge in [-0.1, -0.05) is 26.0 Å². The Morgan fingerprint density at radius 1 is 0.943 bits per heavy atom. The maximum atomic E-state index is 12.6. The highest BCUT2D eigenvalue weighted by Crippen LogP contribution is 2.24. The molecule has 2 aromatic carbocycles. The van der Waals surface area contributed by atoms with E-state index in [0.29, 0.717) is 54.8 Å². The SMILES string of the molecule is COc1ccccc1NC(=O)c1ccc(NC(=O)CN2CCCN(C(=O)OCC(C)C)CC2)cc1. The van der Waals surface area contributed by atoms with Gasteiger partial charge in [-0.15, -0.1) is 0 Å². The van der Waals surface area contributed by atoms with Gasteiger partial charge in [-0.3, -0.25) is 14.5 Å². The van der Waals surface area contributed by atoms with Crippen molar-refractivity contribution in [1.82, 2.24) is 9.80 Å². The third-order valence-electron chi connectivity index (χ3n) is 5.54. The fraction of sp³-hybridized carbons (Fsp3) is 0.423. The van der Waals surface area contributed by atoms with Crippen molar-refractivity contribution < 1.29 is 23.9 Å². The number of amides is 3. The van der Waals surface area contributed by atoms with E-state index in [9.17, 15) is 14.4 Å². The Labute approximate surface area is 206 Å². The monoisotopic (exact) mass is 482 g/mol. The van der Waals surface area contributed by atoms with Crippen LogP contribution in [0.4, 0.5) is 16.2 Å². The predicted molar refractivity (Wildman–Crippen MR) is 135 cm³/mol. The van der Waals surface area contributed by atoms with E-state index in [2.05, 4.69) is 10.6 Å². The number of nitrogens with zero attached hydrogens (tertiary/aromatic N) is 2. The highest BCUT2D eigenvalue weighted by atomic mass is 16.6. The molecule has 2 aromatic rings. The molecule has 3 amide bonds. The second-order valence-electron chi connectivity index (χ2n) is 8.87. The minimum absolute atomic E-state index is 0.146. The molecule has 0 radical (unpaired) electrons. The maximum absolute atomic E-state index is 12.6. The number of ether oxygens (including phenoxy) is 2. The van der Waals surface area contributed by atoms with Gasteiger partial charge in [0.2, 0.25) is 5.91 Å². The molecule has 1 aliphatic rings. The van der Waals surface area contributed by atoms with Gasteiger partial charge in [-0.2, -0.15) is 0 Å². The van der Waals surface area contributed by atoms with E-state index in [1.807, 2.05) is 30.9 Å². The lowest BCUT2D eigenvalue weighted by molar-refractivity contribution is -0.117. The zero-order valence-electron chi connectivity index (χ0n) is 20.6. The summed E-state index contributed by atoms with van der Waals surface area (Å²) in [6, 6.07) is 13.9. The Bertz CT molecular complexity index is 1010. The summed E-state index contributed by atoms with van der Waals surface area (Å²) >= 11 is 0. The predicted octanol–water partition coefficient (Wildman–Crippen LogP) is 3.69. The Morgan fingerprint density at radius 3 is 2.40 bits per heavy atom. The van der Waals surface area contributed by atoms with Crippen molar-refractivity contribution in [3.05, 3.63) is 54.1 Å². The topological polar surface area (TPSA) is 100 Å². The van der Waals surface area contributed by atoms with Crippen molar-refractivity contribution in [2.45, 2.75) is 20.3 Å². The van der Waals surface area contributed by atoms with Crippen LogP contribution in [-0.4, -0.2) is 74.1 Å². The molecule has 0 saturated carbocycles. The number of rotatable bonds is 8. The van der Waals surface area contributed by atoms with Crippen LogP contribution in [0, 0.1) is 5.92 Å². The van der Waals surface area contributed by atoms with E-state index in [0.717, 1.165) is 13.0 Å². The van der Waals surface area contributed by atoms with Crippen LogP contribution in [0.1, 0.15) is 30.6 Å². The third-order valence-corrected chi connectivity index (χ3v) is 5.54. The highest BCUT2D eigenvalue weighted by Gasteiger charge is 2.21. The molecular weight excluding hydrogens is 448 g/mol. The van der Waals surface area contributed by atoms with Crippen LogP contribution in [0.3, 0.4) is 0 Å². The van der Waals surface area contributed by atoms with Crippen LogP contribution in [-0.2, 0) is 9.53 Å². The fourth-order valence-electron chi connectivity index (χ4n) is 3.69. The lowest BCUT2D eigenvalue weighted by Crippen LogP contribution is -2.38. The number of benzene rings is 2. The molecule has 1 fully saturated rings. The highest BCUT2D eigenvalue weighted by molar-refractivity contribution is 6.05. The van der Waals surface area contributed by atoms with Gasteiger partial charge in [0, 0.05) is 37.4 Å². The number of carbonyl (C=O) groups is 3. The molecule has 9 nitrogen and oxygen atoms in total. The molecule has 0 spiro atoms. The summed E-state index contributed by atoms with van der Waals surface area (Å²) in [6.07, 6.45) is 0.486. The normalized spacial score (nSPS) is 14.2. The summed E-state index contributed by atoms with van der Waals surface area (Å²) in [4.78, 5) is 41.1.